The first kappa shape index (κ1) is 21.6. The van der Waals surface area contributed by atoms with E-state index < -0.39 is 11.6 Å². The number of oxime groups is 1. The lowest BCUT2D eigenvalue weighted by atomic mass is 9.87. The summed E-state index contributed by atoms with van der Waals surface area (Å²) in [7, 11) is 0. The lowest BCUT2D eigenvalue weighted by Gasteiger charge is -2.22. The highest BCUT2D eigenvalue weighted by atomic mass is 16.7. The molecule has 0 aliphatic carbocycles. The Morgan fingerprint density at radius 2 is 1.73 bits per heavy atom. The van der Waals surface area contributed by atoms with Crippen molar-refractivity contribution in [3.63, 3.8) is 0 Å². The first-order chi connectivity index (χ1) is 14.5. The Kier molecular flexibility index (Phi) is 7.22. The van der Waals surface area contributed by atoms with Crippen molar-refractivity contribution in [3.05, 3.63) is 71.8 Å². The van der Waals surface area contributed by atoms with Crippen molar-refractivity contribution in [1.29, 1.82) is 0 Å². The summed E-state index contributed by atoms with van der Waals surface area (Å²) >= 11 is 0. The minimum atomic E-state index is -1.35. The van der Waals surface area contributed by atoms with Gasteiger partial charge in [-0.15, -0.1) is 0 Å². The number of hydrogen-bond donors (Lipinski definition) is 2. The zero-order chi connectivity index (χ0) is 21.4. The van der Waals surface area contributed by atoms with Crippen molar-refractivity contribution >= 4 is 17.6 Å². The highest BCUT2D eigenvalue weighted by Gasteiger charge is 2.46. The van der Waals surface area contributed by atoms with Gasteiger partial charge in [-0.3, -0.25) is 4.79 Å². The van der Waals surface area contributed by atoms with E-state index in [9.17, 15) is 14.7 Å². The lowest BCUT2D eigenvalue weighted by molar-refractivity contribution is -0.162. The number of aliphatic carboxylic acids is 1. The second kappa shape index (κ2) is 10.1. The molecule has 6 nitrogen and oxygen atoms in total. The molecule has 2 unspecified atom stereocenters. The molecule has 1 amide bonds. The number of aryl methyl sites for hydroxylation is 1. The fourth-order valence-corrected chi connectivity index (χ4v) is 3.62. The first-order valence-electron chi connectivity index (χ1n) is 10.3. The zero-order valence-electron chi connectivity index (χ0n) is 17.2. The van der Waals surface area contributed by atoms with Crippen LogP contribution in [0, 0.1) is 5.92 Å². The fourth-order valence-electron chi connectivity index (χ4n) is 3.62. The Hall–Kier alpha value is -3.15. The molecule has 2 aromatic carbocycles. The molecule has 0 aromatic heterocycles. The van der Waals surface area contributed by atoms with Gasteiger partial charge in [0, 0.05) is 25.8 Å². The van der Waals surface area contributed by atoms with E-state index in [-0.39, 0.29) is 24.7 Å². The van der Waals surface area contributed by atoms with Gasteiger partial charge >= 0.3 is 5.97 Å². The van der Waals surface area contributed by atoms with E-state index in [4.69, 9.17) is 4.84 Å². The number of nitrogens with zero attached hydrogens (tertiary/aromatic N) is 1. The average Bonchev–Trinajstić information content (AvgIpc) is 3.16. The maximum absolute atomic E-state index is 12.1. The van der Waals surface area contributed by atoms with Crippen molar-refractivity contribution in [2.24, 2.45) is 11.1 Å². The van der Waals surface area contributed by atoms with Crippen LogP contribution in [0.2, 0.25) is 0 Å². The molecule has 3 rings (SSSR count). The number of nitrogens with one attached hydrogen (secondary N) is 1. The monoisotopic (exact) mass is 408 g/mol. The third kappa shape index (κ3) is 5.92. The standard InChI is InChI=1S/C24H28N2O4/c1-18(17-25-22(27)13-12-19-8-4-2-5-9-19)14-21-16-24(23(28)29,30-26-21)15-20-10-6-3-7-11-20/h2-11,18H,12-17H2,1H3,(H,25,27)(H,28,29). The Morgan fingerprint density at radius 1 is 1.10 bits per heavy atom. The summed E-state index contributed by atoms with van der Waals surface area (Å²) in [5.41, 5.74) is 1.41. The zero-order valence-corrected chi connectivity index (χ0v) is 17.2. The van der Waals surface area contributed by atoms with Crippen LogP contribution in [-0.4, -0.2) is 34.8 Å². The molecule has 0 saturated heterocycles. The summed E-state index contributed by atoms with van der Waals surface area (Å²) in [4.78, 5) is 29.5. The van der Waals surface area contributed by atoms with Crippen molar-refractivity contribution in [2.75, 3.05) is 6.54 Å². The second-order valence-electron chi connectivity index (χ2n) is 7.99. The number of amides is 1. The van der Waals surface area contributed by atoms with Crippen LogP contribution in [0.3, 0.4) is 0 Å². The van der Waals surface area contributed by atoms with Crippen LogP contribution >= 0.6 is 0 Å². The number of carboxylic acid groups (broad SMARTS) is 1. The number of benzene rings is 2. The van der Waals surface area contributed by atoms with Gasteiger partial charge in [0.1, 0.15) is 0 Å². The quantitative estimate of drug-likeness (QED) is 0.629. The molecule has 30 heavy (non-hydrogen) atoms. The van der Waals surface area contributed by atoms with E-state index >= 15 is 0 Å². The number of rotatable bonds is 10. The van der Waals surface area contributed by atoms with E-state index in [1.54, 1.807) is 0 Å². The summed E-state index contributed by atoms with van der Waals surface area (Å²) in [6.45, 7) is 2.53. The molecule has 2 aromatic rings. The molecule has 1 heterocycles. The largest absolute Gasteiger partial charge is 0.478 e. The topological polar surface area (TPSA) is 88.0 Å². The van der Waals surface area contributed by atoms with E-state index in [1.807, 2.05) is 67.6 Å². The molecule has 1 aliphatic heterocycles. The van der Waals surface area contributed by atoms with Gasteiger partial charge < -0.3 is 15.3 Å². The van der Waals surface area contributed by atoms with Gasteiger partial charge in [-0.2, -0.15) is 0 Å². The lowest BCUT2D eigenvalue weighted by Crippen LogP contribution is -2.41. The van der Waals surface area contributed by atoms with Gasteiger partial charge in [0.2, 0.25) is 11.5 Å². The van der Waals surface area contributed by atoms with Crippen LogP contribution in [0.4, 0.5) is 0 Å². The third-order valence-corrected chi connectivity index (χ3v) is 5.28. The average molecular weight is 408 g/mol. The Balaban J connectivity index is 1.44. The Morgan fingerprint density at radius 3 is 2.37 bits per heavy atom. The normalized spacial score (nSPS) is 18.9. The van der Waals surface area contributed by atoms with E-state index in [0.29, 0.717) is 25.8 Å². The molecule has 6 heteroatoms. The van der Waals surface area contributed by atoms with E-state index in [2.05, 4.69) is 10.5 Å². The van der Waals surface area contributed by atoms with Crippen molar-refractivity contribution in [2.45, 2.75) is 44.6 Å². The third-order valence-electron chi connectivity index (χ3n) is 5.28. The van der Waals surface area contributed by atoms with Gasteiger partial charge in [-0.1, -0.05) is 72.7 Å². The molecule has 2 atom stereocenters. The highest BCUT2D eigenvalue weighted by molar-refractivity contribution is 5.93. The number of hydrogen-bond acceptors (Lipinski definition) is 4. The van der Waals surface area contributed by atoms with Crippen LogP contribution in [0.15, 0.2) is 65.8 Å². The summed E-state index contributed by atoms with van der Waals surface area (Å²) in [6, 6.07) is 19.3. The minimum absolute atomic E-state index is 0.0132. The van der Waals surface area contributed by atoms with Gasteiger partial charge in [-0.05, 0) is 29.9 Å². The Labute approximate surface area is 176 Å². The number of carboxylic acids is 1. The molecule has 0 fully saturated rings. The fraction of sp³-hybridized carbons (Fsp3) is 0.375. The molecule has 0 saturated carbocycles. The van der Waals surface area contributed by atoms with Crippen LogP contribution < -0.4 is 5.32 Å². The van der Waals surface area contributed by atoms with Gasteiger partial charge in [0.25, 0.3) is 0 Å². The number of carbonyl (C=O) groups excluding carboxylic acids is 1. The molecular formula is C24H28N2O4. The van der Waals surface area contributed by atoms with Crippen LogP contribution in [0.5, 0.6) is 0 Å². The summed E-state index contributed by atoms with van der Waals surface area (Å²) in [5.74, 6) is -0.861. The van der Waals surface area contributed by atoms with Crippen molar-refractivity contribution < 1.29 is 19.5 Å². The molecule has 0 spiro atoms. The summed E-state index contributed by atoms with van der Waals surface area (Å²) in [5, 5.41) is 16.8. The van der Waals surface area contributed by atoms with Crippen LogP contribution in [0.1, 0.15) is 37.3 Å². The highest BCUT2D eigenvalue weighted by Crippen LogP contribution is 2.30. The Bertz CT molecular complexity index is 883. The SMILES string of the molecule is CC(CNC(=O)CCc1ccccc1)CC1=NOC(Cc2ccccc2)(C(=O)O)C1. The van der Waals surface area contributed by atoms with Crippen LogP contribution in [0.25, 0.3) is 0 Å². The van der Waals surface area contributed by atoms with E-state index in [1.165, 1.54) is 0 Å². The van der Waals surface area contributed by atoms with Crippen LogP contribution in [-0.2, 0) is 27.3 Å². The number of carbonyl (C=O) groups is 2. The maximum atomic E-state index is 12.1. The molecule has 158 valence electrons. The molecule has 0 radical (unpaired) electrons. The van der Waals surface area contributed by atoms with E-state index in [0.717, 1.165) is 16.8 Å². The molecule has 0 bridgehead atoms. The second-order valence-corrected chi connectivity index (χ2v) is 7.99. The van der Waals surface area contributed by atoms with Gasteiger partial charge in [0.15, 0.2) is 0 Å². The molecule has 1 aliphatic rings. The van der Waals surface area contributed by atoms with Crippen molar-refractivity contribution in [3.8, 4) is 0 Å². The summed E-state index contributed by atoms with van der Waals surface area (Å²) < 4.78 is 0. The summed E-state index contributed by atoms with van der Waals surface area (Å²) in [6.07, 6.45) is 2.26. The molecule has 2 N–H and O–H groups in total. The smallest absolute Gasteiger partial charge is 0.351 e. The molecular weight excluding hydrogens is 380 g/mol. The van der Waals surface area contributed by atoms with Crippen molar-refractivity contribution in [1.82, 2.24) is 5.32 Å². The minimum Gasteiger partial charge on any atom is -0.478 e. The van der Waals surface area contributed by atoms with Gasteiger partial charge in [0.05, 0.1) is 5.71 Å². The predicted molar refractivity (Wildman–Crippen MR) is 115 cm³/mol. The maximum Gasteiger partial charge on any atom is 0.351 e. The first-order valence-corrected chi connectivity index (χ1v) is 10.3. The predicted octanol–water partition coefficient (Wildman–Crippen LogP) is 3.60. The van der Waals surface area contributed by atoms with Gasteiger partial charge in [-0.25, -0.2) is 4.79 Å².